The molecule has 2 rings (SSSR count). The minimum Gasteiger partial charge on any atom is -0.310 e. The minimum atomic E-state index is -3.59. The smallest absolute Gasteiger partial charge is 0.242 e. The molecule has 7 heteroatoms. The standard InChI is InChI=1S/C14H20Cl2N2O2S/c1-9(2)17-8-11-5-14(13(16)6-12(11)15)21(19,20)18-7-10-3-4-10/h5-6,9-10,17-18H,3-4,7-8H2,1-2H3. The van der Waals surface area contributed by atoms with E-state index >= 15 is 0 Å². The summed E-state index contributed by atoms with van der Waals surface area (Å²) in [5.74, 6) is 0.466. The van der Waals surface area contributed by atoms with Gasteiger partial charge in [-0.15, -0.1) is 0 Å². The molecule has 0 bridgehead atoms. The van der Waals surface area contributed by atoms with Crippen molar-refractivity contribution in [2.45, 2.75) is 44.2 Å². The second-order valence-electron chi connectivity index (χ2n) is 5.70. The van der Waals surface area contributed by atoms with Crippen molar-refractivity contribution < 1.29 is 8.42 Å². The van der Waals surface area contributed by atoms with Crippen molar-refractivity contribution in [2.24, 2.45) is 5.92 Å². The molecule has 1 aliphatic rings. The van der Waals surface area contributed by atoms with Gasteiger partial charge in [0.05, 0.1) is 5.02 Å². The van der Waals surface area contributed by atoms with E-state index < -0.39 is 10.0 Å². The van der Waals surface area contributed by atoms with Crippen LogP contribution in [-0.4, -0.2) is 21.0 Å². The first-order chi connectivity index (χ1) is 9.79. The molecule has 0 saturated heterocycles. The molecular formula is C14H20Cl2N2O2S. The summed E-state index contributed by atoms with van der Waals surface area (Å²) >= 11 is 12.2. The zero-order chi connectivity index (χ0) is 15.6. The van der Waals surface area contributed by atoms with E-state index in [1.807, 2.05) is 13.8 Å². The van der Waals surface area contributed by atoms with E-state index in [1.54, 1.807) is 6.07 Å². The van der Waals surface area contributed by atoms with Crippen molar-refractivity contribution in [1.29, 1.82) is 0 Å². The third kappa shape index (κ3) is 4.83. The topological polar surface area (TPSA) is 58.2 Å². The first kappa shape index (κ1) is 17.0. The fraction of sp³-hybridized carbons (Fsp3) is 0.571. The summed E-state index contributed by atoms with van der Waals surface area (Å²) in [6.45, 7) is 5.00. The molecule has 1 aromatic rings. The van der Waals surface area contributed by atoms with Crippen molar-refractivity contribution >= 4 is 33.2 Å². The average Bonchev–Trinajstić information content (AvgIpc) is 3.19. The quantitative estimate of drug-likeness (QED) is 0.793. The zero-order valence-electron chi connectivity index (χ0n) is 12.1. The van der Waals surface area contributed by atoms with Gasteiger partial charge in [-0.2, -0.15) is 0 Å². The fourth-order valence-electron chi connectivity index (χ4n) is 1.85. The Kier molecular flexibility index (Phi) is 5.54. The number of hydrogen-bond acceptors (Lipinski definition) is 3. The van der Waals surface area contributed by atoms with E-state index in [9.17, 15) is 8.42 Å². The third-order valence-corrected chi connectivity index (χ3v) is 5.59. The van der Waals surface area contributed by atoms with Crippen LogP contribution in [-0.2, 0) is 16.6 Å². The highest BCUT2D eigenvalue weighted by atomic mass is 35.5. The summed E-state index contributed by atoms with van der Waals surface area (Å²) < 4.78 is 27.3. The number of halogens is 2. The molecule has 0 spiro atoms. The van der Waals surface area contributed by atoms with Gasteiger partial charge in [-0.25, -0.2) is 13.1 Å². The molecule has 0 atom stereocenters. The molecule has 4 nitrogen and oxygen atoms in total. The van der Waals surface area contributed by atoms with Crippen LogP contribution >= 0.6 is 23.2 Å². The lowest BCUT2D eigenvalue weighted by molar-refractivity contribution is 0.575. The first-order valence-corrected chi connectivity index (χ1v) is 9.24. The molecule has 0 aromatic heterocycles. The van der Waals surface area contributed by atoms with Crippen LogP contribution in [0.3, 0.4) is 0 Å². The van der Waals surface area contributed by atoms with Crippen LogP contribution in [0.15, 0.2) is 17.0 Å². The van der Waals surface area contributed by atoms with Gasteiger partial charge >= 0.3 is 0 Å². The summed E-state index contributed by atoms with van der Waals surface area (Å²) in [5.41, 5.74) is 0.724. The van der Waals surface area contributed by atoms with E-state index in [4.69, 9.17) is 23.2 Å². The minimum absolute atomic E-state index is 0.0924. The molecule has 0 heterocycles. The molecule has 1 aliphatic carbocycles. The highest BCUT2D eigenvalue weighted by Crippen LogP contribution is 2.31. The van der Waals surface area contributed by atoms with Gasteiger partial charge in [0.15, 0.2) is 0 Å². The van der Waals surface area contributed by atoms with E-state index in [2.05, 4.69) is 10.0 Å². The molecule has 0 amide bonds. The number of rotatable bonds is 7. The molecule has 1 aromatic carbocycles. The highest BCUT2D eigenvalue weighted by molar-refractivity contribution is 7.89. The zero-order valence-corrected chi connectivity index (χ0v) is 14.4. The van der Waals surface area contributed by atoms with Crippen LogP contribution in [0.4, 0.5) is 0 Å². The Bertz CT molecular complexity index is 614. The predicted molar refractivity (Wildman–Crippen MR) is 86.4 cm³/mol. The van der Waals surface area contributed by atoms with Crippen molar-refractivity contribution in [3.63, 3.8) is 0 Å². The van der Waals surface area contributed by atoms with Gasteiger partial charge in [0, 0.05) is 24.2 Å². The molecule has 118 valence electrons. The van der Waals surface area contributed by atoms with Crippen molar-refractivity contribution in [1.82, 2.24) is 10.0 Å². The van der Waals surface area contributed by atoms with Crippen LogP contribution in [0.5, 0.6) is 0 Å². The Morgan fingerprint density at radius 3 is 2.48 bits per heavy atom. The summed E-state index contributed by atoms with van der Waals surface area (Å²) in [5, 5.41) is 3.83. The van der Waals surface area contributed by atoms with Crippen LogP contribution in [0.1, 0.15) is 32.3 Å². The van der Waals surface area contributed by atoms with E-state index in [1.165, 1.54) is 6.07 Å². The van der Waals surface area contributed by atoms with Gasteiger partial charge in [-0.3, -0.25) is 0 Å². The lowest BCUT2D eigenvalue weighted by atomic mass is 10.2. The van der Waals surface area contributed by atoms with Gasteiger partial charge in [0.2, 0.25) is 10.0 Å². The molecule has 2 N–H and O–H groups in total. The summed E-state index contributed by atoms with van der Waals surface area (Å²) in [4.78, 5) is 0.0924. The van der Waals surface area contributed by atoms with Crippen LogP contribution in [0, 0.1) is 5.92 Å². The Hall–Kier alpha value is -0.330. The fourth-order valence-corrected chi connectivity index (χ4v) is 3.83. The summed E-state index contributed by atoms with van der Waals surface area (Å²) in [7, 11) is -3.59. The second-order valence-corrected chi connectivity index (χ2v) is 8.25. The van der Waals surface area contributed by atoms with E-state index in [0.29, 0.717) is 24.0 Å². The summed E-state index contributed by atoms with van der Waals surface area (Å²) in [6.07, 6.45) is 2.17. The monoisotopic (exact) mass is 350 g/mol. The van der Waals surface area contributed by atoms with Gasteiger partial charge in [-0.05, 0) is 36.5 Å². The van der Waals surface area contributed by atoms with E-state index in [0.717, 1.165) is 18.4 Å². The first-order valence-electron chi connectivity index (χ1n) is 7.00. The molecular weight excluding hydrogens is 331 g/mol. The maximum Gasteiger partial charge on any atom is 0.242 e. The van der Waals surface area contributed by atoms with Gasteiger partial charge in [-0.1, -0.05) is 37.0 Å². The van der Waals surface area contributed by atoms with Crippen LogP contribution < -0.4 is 10.0 Å². The number of sulfonamides is 1. The molecule has 0 radical (unpaired) electrons. The van der Waals surface area contributed by atoms with Gasteiger partial charge in [0.25, 0.3) is 0 Å². The number of hydrogen-bond donors (Lipinski definition) is 2. The highest BCUT2D eigenvalue weighted by Gasteiger charge is 2.26. The Labute approximate surface area is 136 Å². The van der Waals surface area contributed by atoms with Gasteiger partial charge in [0.1, 0.15) is 4.90 Å². The van der Waals surface area contributed by atoms with Gasteiger partial charge < -0.3 is 5.32 Å². The Morgan fingerprint density at radius 1 is 1.24 bits per heavy atom. The lowest BCUT2D eigenvalue weighted by Crippen LogP contribution is -2.27. The number of benzene rings is 1. The third-order valence-electron chi connectivity index (χ3n) is 3.35. The van der Waals surface area contributed by atoms with Crippen molar-refractivity contribution in [3.05, 3.63) is 27.7 Å². The van der Waals surface area contributed by atoms with Crippen molar-refractivity contribution in [2.75, 3.05) is 6.54 Å². The van der Waals surface area contributed by atoms with Crippen LogP contribution in [0.2, 0.25) is 10.0 Å². The van der Waals surface area contributed by atoms with E-state index in [-0.39, 0.29) is 16.0 Å². The normalized spacial score (nSPS) is 15.7. The maximum absolute atomic E-state index is 12.3. The molecule has 21 heavy (non-hydrogen) atoms. The predicted octanol–water partition coefficient (Wildman–Crippen LogP) is 3.18. The number of nitrogens with one attached hydrogen (secondary N) is 2. The molecule has 0 aliphatic heterocycles. The average molecular weight is 351 g/mol. The lowest BCUT2D eigenvalue weighted by Gasteiger charge is -2.13. The Morgan fingerprint density at radius 2 is 1.90 bits per heavy atom. The van der Waals surface area contributed by atoms with Crippen molar-refractivity contribution in [3.8, 4) is 0 Å². The Balaban J connectivity index is 2.22. The summed E-state index contributed by atoms with van der Waals surface area (Å²) in [6, 6.07) is 3.33. The second kappa shape index (κ2) is 6.84. The van der Waals surface area contributed by atoms with Crippen LogP contribution in [0.25, 0.3) is 0 Å². The maximum atomic E-state index is 12.3. The largest absolute Gasteiger partial charge is 0.310 e. The molecule has 1 fully saturated rings. The SMILES string of the molecule is CC(C)NCc1cc(S(=O)(=O)NCC2CC2)c(Cl)cc1Cl. The molecule has 1 saturated carbocycles. The molecule has 0 unspecified atom stereocenters.